The van der Waals surface area contributed by atoms with E-state index in [1.54, 1.807) is 13.3 Å². The first-order valence-corrected chi connectivity index (χ1v) is 6.25. The fraction of sp³-hybridized carbons (Fsp3) is 0.538. The summed E-state index contributed by atoms with van der Waals surface area (Å²) in [5, 5.41) is 7.57. The fourth-order valence-corrected chi connectivity index (χ4v) is 2.44. The van der Waals surface area contributed by atoms with Crippen molar-refractivity contribution in [3.63, 3.8) is 0 Å². The number of methoxy groups -OCH3 is 1. The van der Waals surface area contributed by atoms with Gasteiger partial charge in [0, 0.05) is 33.0 Å². The minimum atomic E-state index is 0.0321. The molecule has 0 atom stereocenters. The number of piperidine rings is 1. The lowest BCUT2D eigenvalue weighted by atomic mass is 9.97. The van der Waals surface area contributed by atoms with Gasteiger partial charge in [-0.25, -0.2) is 0 Å². The zero-order chi connectivity index (χ0) is 13.0. The molecule has 5 nitrogen and oxygen atoms in total. The van der Waals surface area contributed by atoms with Gasteiger partial charge in [-0.1, -0.05) is 0 Å². The lowest BCUT2D eigenvalue weighted by Gasteiger charge is -2.34. The number of rotatable bonds is 4. The summed E-state index contributed by atoms with van der Waals surface area (Å²) in [6, 6.07) is 3.88. The molecule has 5 heteroatoms. The fourth-order valence-electron chi connectivity index (χ4n) is 2.44. The Morgan fingerprint density at radius 1 is 1.56 bits per heavy atom. The molecule has 98 valence electrons. The third-order valence-corrected chi connectivity index (χ3v) is 3.40. The van der Waals surface area contributed by atoms with Crippen LogP contribution in [0, 0.1) is 11.3 Å². The Bertz CT molecular complexity index is 413. The van der Waals surface area contributed by atoms with Crippen LogP contribution in [0.25, 0.3) is 0 Å². The van der Waals surface area contributed by atoms with E-state index in [-0.39, 0.29) is 5.84 Å². The molecule has 1 aliphatic heterocycles. The van der Waals surface area contributed by atoms with E-state index in [2.05, 4.69) is 9.88 Å². The molecule has 0 amide bonds. The summed E-state index contributed by atoms with van der Waals surface area (Å²) < 4.78 is 5.20. The Labute approximate surface area is 107 Å². The van der Waals surface area contributed by atoms with Crippen LogP contribution in [-0.4, -0.2) is 37.6 Å². The summed E-state index contributed by atoms with van der Waals surface area (Å²) in [6.45, 7) is 2.78. The number of ether oxygens (including phenoxy) is 1. The van der Waals surface area contributed by atoms with Crippen molar-refractivity contribution in [3.05, 3.63) is 24.0 Å². The van der Waals surface area contributed by atoms with Crippen LogP contribution in [0.15, 0.2) is 18.3 Å². The second kappa shape index (κ2) is 5.82. The molecule has 0 aliphatic carbocycles. The van der Waals surface area contributed by atoms with E-state index < -0.39 is 0 Å². The maximum absolute atomic E-state index is 7.57. The number of aromatic nitrogens is 1. The number of hydrogen-bond donors (Lipinski definition) is 2. The van der Waals surface area contributed by atoms with Gasteiger partial charge >= 0.3 is 0 Å². The predicted octanol–water partition coefficient (Wildman–Crippen LogP) is 1.23. The average Bonchev–Trinajstić information content (AvgIpc) is 2.40. The van der Waals surface area contributed by atoms with Crippen LogP contribution in [-0.2, 0) is 4.74 Å². The molecule has 2 rings (SSSR count). The Morgan fingerprint density at radius 3 is 2.89 bits per heavy atom. The van der Waals surface area contributed by atoms with Gasteiger partial charge in [-0.3, -0.25) is 10.4 Å². The molecule has 0 bridgehead atoms. The maximum Gasteiger partial charge on any atom is 0.143 e. The summed E-state index contributed by atoms with van der Waals surface area (Å²) in [7, 11) is 1.75. The van der Waals surface area contributed by atoms with Crippen molar-refractivity contribution in [2.75, 3.05) is 31.7 Å². The lowest BCUT2D eigenvalue weighted by molar-refractivity contribution is 0.139. The van der Waals surface area contributed by atoms with Gasteiger partial charge in [-0.05, 0) is 30.9 Å². The second-order valence-corrected chi connectivity index (χ2v) is 4.67. The molecule has 1 saturated heterocycles. The van der Waals surface area contributed by atoms with Crippen molar-refractivity contribution in [3.8, 4) is 0 Å². The standard InChI is InChI=1S/C13H20N4O/c1-18-9-10-4-7-17(8-5-10)11-3-2-6-16-12(11)13(14)15/h2-3,6,10H,4-5,7-9H2,1H3,(H3,14,15). The molecule has 1 aromatic heterocycles. The molecule has 1 aromatic rings. The van der Waals surface area contributed by atoms with E-state index in [1.807, 2.05) is 12.1 Å². The van der Waals surface area contributed by atoms with Crippen LogP contribution in [0.3, 0.4) is 0 Å². The van der Waals surface area contributed by atoms with Crippen molar-refractivity contribution >= 4 is 11.5 Å². The average molecular weight is 248 g/mol. The number of amidine groups is 1. The minimum Gasteiger partial charge on any atom is -0.384 e. The summed E-state index contributed by atoms with van der Waals surface area (Å²) in [5.74, 6) is 0.674. The Hall–Kier alpha value is -1.62. The van der Waals surface area contributed by atoms with Crippen molar-refractivity contribution in [2.24, 2.45) is 11.7 Å². The summed E-state index contributed by atoms with van der Waals surface area (Å²) in [4.78, 5) is 6.45. The van der Waals surface area contributed by atoms with Crippen LogP contribution in [0.5, 0.6) is 0 Å². The zero-order valence-electron chi connectivity index (χ0n) is 10.7. The summed E-state index contributed by atoms with van der Waals surface area (Å²) in [5.41, 5.74) is 7.13. The normalized spacial score (nSPS) is 16.8. The van der Waals surface area contributed by atoms with Gasteiger partial charge in [0.05, 0.1) is 5.69 Å². The third-order valence-electron chi connectivity index (χ3n) is 3.40. The Morgan fingerprint density at radius 2 is 2.28 bits per heavy atom. The molecule has 0 unspecified atom stereocenters. The molecule has 0 radical (unpaired) electrons. The Balaban J connectivity index is 2.07. The first-order valence-electron chi connectivity index (χ1n) is 6.25. The number of hydrogen-bond acceptors (Lipinski definition) is 4. The van der Waals surface area contributed by atoms with Crippen molar-refractivity contribution in [2.45, 2.75) is 12.8 Å². The smallest absolute Gasteiger partial charge is 0.143 e. The van der Waals surface area contributed by atoms with Crippen molar-refractivity contribution < 1.29 is 4.74 Å². The van der Waals surface area contributed by atoms with Crippen LogP contribution in [0.4, 0.5) is 5.69 Å². The second-order valence-electron chi connectivity index (χ2n) is 4.67. The van der Waals surface area contributed by atoms with Gasteiger partial charge in [-0.2, -0.15) is 0 Å². The highest BCUT2D eigenvalue weighted by Gasteiger charge is 2.21. The highest BCUT2D eigenvalue weighted by molar-refractivity contribution is 5.98. The van der Waals surface area contributed by atoms with Gasteiger partial charge in [-0.15, -0.1) is 0 Å². The van der Waals surface area contributed by atoms with Gasteiger partial charge in [0.2, 0.25) is 0 Å². The first-order chi connectivity index (χ1) is 8.72. The van der Waals surface area contributed by atoms with Crippen molar-refractivity contribution in [1.29, 1.82) is 5.41 Å². The van der Waals surface area contributed by atoms with E-state index in [4.69, 9.17) is 15.9 Å². The number of nitrogens with zero attached hydrogens (tertiary/aromatic N) is 2. The molecule has 1 fully saturated rings. The predicted molar refractivity (Wildman–Crippen MR) is 72.1 cm³/mol. The van der Waals surface area contributed by atoms with Gasteiger partial charge in [0.15, 0.2) is 0 Å². The molecule has 0 spiro atoms. The molecule has 18 heavy (non-hydrogen) atoms. The van der Waals surface area contributed by atoms with Gasteiger partial charge in [0.1, 0.15) is 11.5 Å². The largest absolute Gasteiger partial charge is 0.384 e. The minimum absolute atomic E-state index is 0.0321. The molecular weight excluding hydrogens is 228 g/mol. The number of nitrogen functional groups attached to an aromatic ring is 1. The molecule has 3 N–H and O–H groups in total. The Kier molecular flexibility index (Phi) is 4.15. The topological polar surface area (TPSA) is 75.2 Å². The van der Waals surface area contributed by atoms with E-state index in [0.717, 1.165) is 38.2 Å². The molecule has 2 heterocycles. The van der Waals surface area contributed by atoms with E-state index >= 15 is 0 Å². The third kappa shape index (κ3) is 2.79. The van der Waals surface area contributed by atoms with Gasteiger partial charge in [0.25, 0.3) is 0 Å². The number of nitrogens with two attached hydrogens (primary N) is 1. The van der Waals surface area contributed by atoms with Gasteiger partial charge < -0.3 is 15.4 Å². The molecule has 1 aliphatic rings. The highest BCUT2D eigenvalue weighted by Crippen LogP contribution is 2.25. The molecular formula is C13H20N4O. The van der Waals surface area contributed by atoms with Crippen LogP contribution >= 0.6 is 0 Å². The first kappa shape index (κ1) is 12.8. The van der Waals surface area contributed by atoms with Crippen LogP contribution in [0.1, 0.15) is 18.5 Å². The molecule has 0 aromatic carbocycles. The van der Waals surface area contributed by atoms with E-state index in [9.17, 15) is 0 Å². The van der Waals surface area contributed by atoms with Crippen LogP contribution in [0.2, 0.25) is 0 Å². The SMILES string of the molecule is COCC1CCN(c2cccnc2C(=N)N)CC1. The molecule has 0 saturated carbocycles. The summed E-state index contributed by atoms with van der Waals surface area (Å²) >= 11 is 0. The van der Waals surface area contributed by atoms with E-state index in [1.165, 1.54) is 0 Å². The number of anilines is 1. The number of nitrogens with one attached hydrogen (secondary N) is 1. The van der Waals surface area contributed by atoms with Crippen LogP contribution < -0.4 is 10.6 Å². The van der Waals surface area contributed by atoms with Crippen molar-refractivity contribution in [1.82, 2.24) is 4.98 Å². The monoisotopic (exact) mass is 248 g/mol. The zero-order valence-corrected chi connectivity index (χ0v) is 10.7. The summed E-state index contributed by atoms with van der Waals surface area (Å²) in [6.07, 6.45) is 3.90. The van der Waals surface area contributed by atoms with E-state index in [0.29, 0.717) is 11.6 Å². The lowest BCUT2D eigenvalue weighted by Crippen LogP contribution is -2.36. The highest BCUT2D eigenvalue weighted by atomic mass is 16.5. The maximum atomic E-state index is 7.57. The quantitative estimate of drug-likeness (QED) is 0.620. The number of pyridine rings is 1.